The standard InChI is InChI=1S/C10H16N2OS/c1-7-12-9(6-14-7)10(13)8-2-4-11-5-3-8/h6,8,10-11,13H,2-5H2,1H3. The van der Waals surface area contributed by atoms with Gasteiger partial charge in [0.25, 0.3) is 0 Å². The van der Waals surface area contributed by atoms with Gasteiger partial charge < -0.3 is 10.4 Å². The second kappa shape index (κ2) is 4.38. The summed E-state index contributed by atoms with van der Waals surface area (Å²) in [5, 5.41) is 16.4. The van der Waals surface area contributed by atoms with E-state index in [-0.39, 0.29) is 6.10 Å². The van der Waals surface area contributed by atoms with Crippen molar-refractivity contribution >= 4 is 11.3 Å². The first-order chi connectivity index (χ1) is 6.77. The lowest BCUT2D eigenvalue weighted by atomic mass is 9.91. The Balaban J connectivity index is 2.03. The van der Waals surface area contributed by atoms with Crippen LogP contribution in [0, 0.1) is 12.8 Å². The second-order valence-corrected chi connectivity index (χ2v) is 4.89. The third-order valence-electron chi connectivity index (χ3n) is 2.77. The first-order valence-electron chi connectivity index (χ1n) is 5.08. The fraction of sp³-hybridized carbons (Fsp3) is 0.700. The SMILES string of the molecule is Cc1nc(C(O)C2CCNCC2)cs1. The Labute approximate surface area is 88.2 Å². The zero-order valence-electron chi connectivity index (χ0n) is 8.36. The van der Waals surface area contributed by atoms with Crippen LogP contribution in [0.25, 0.3) is 0 Å². The van der Waals surface area contributed by atoms with E-state index >= 15 is 0 Å². The van der Waals surface area contributed by atoms with Crippen molar-refractivity contribution in [3.63, 3.8) is 0 Å². The molecular formula is C10H16N2OS. The largest absolute Gasteiger partial charge is 0.386 e. The van der Waals surface area contributed by atoms with E-state index in [2.05, 4.69) is 10.3 Å². The van der Waals surface area contributed by atoms with E-state index in [0.29, 0.717) is 5.92 Å². The van der Waals surface area contributed by atoms with Crippen molar-refractivity contribution in [1.82, 2.24) is 10.3 Å². The summed E-state index contributed by atoms with van der Waals surface area (Å²) in [6, 6.07) is 0. The van der Waals surface area contributed by atoms with Gasteiger partial charge in [-0.05, 0) is 38.8 Å². The molecule has 1 aromatic heterocycles. The normalized spacial score (nSPS) is 21.0. The molecule has 0 amide bonds. The number of nitrogens with zero attached hydrogens (tertiary/aromatic N) is 1. The van der Waals surface area contributed by atoms with Gasteiger partial charge in [0.2, 0.25) is 0 Å². The van der Waals surface area contributed by atoms with Gasteiger partial charge in [-0.25, -0.2) is 4.98 Å². The lowest BCUT2D eigenvalue weighted by Crippen LogP contribution is -2.30. The summed E-state index contributed by atoms with van der Waals surface area (Å²) in [7, 11) is 0. The molecule has 1 aromatic rings. The van der Waals surface area contributed by atoms with Crippen molar-refractivity contribution < 1.29 is 5.11 Å². The van der Waals surface area contributed by atoms with Gasteiger partial charge in [-0.3, -0.25) is 0 Å². The molecule has 4 heteroatoms. The molecule has 14 heavy (non-hydrogen) atoms. The predicted octanol–water partition coefficient (Wildman–Crippen LogP) is 1.48. The zero-order chi connectivity index (χ0) is 9.97. The molecule has 1 aliphatic rings. The van der Waals surface area contributed by atoms with Crippen LogP contribution in [-0.4, -0.2) is 23.2 Å². The fourth-order valence-electron chi connectivity index (χ4n) is 1.92. The molecule has 0 spiro atoms. The molecule has 1 atom stereocenters. The van der Waals surface area contributed by atoms with Crippen LogP contribution >= 0.6 is 11.3 Å². The Kier molecular flexibility index (Phi) is 3.15. The van der Waals surface area contributed by atoms with E-state index in [0.717, 1.165) is 36.6 Å². The third kappa shape index (κ3) is 2.13. The average molecular weight is 212 g/mol. The van der Waals surface area contributed by atoms with Crippen molar-refractivity contribution in [1.29, 1.82) is 0 Å². The molecule has 2 heterocycles. The van der Waals surface area contributed by atoms with Crippen LogP contribution in [-0.2, 0) is 0 Å². The molecule has 78 valence electrons. The number of thiazole rings is 1. The van der Waals surface area contributed by atoms with E-state index in [1.54, 1.807) is 11.3 Å². The van der Waals surface area contributed by atoms with Gasteiger partial charge in [-0.2, -0.15) is 0 Å². The topological polar surface area (TPSA) is 45.2 Å². The number of rotatable bonds is 2. The maximum Gasteiger partial charge on any atom is 0.0997 e. The van der Waals surface area contributed by atoms with Gasteiger partial charge in [0.05, 0.1) is 16.8 Å². The summed E-state index contributed by atoms with van der Waals surface area (Å²) in [5.74, 6) is 0.387. The molecule has 0 saturated carbocycles. The number of aryl methyl sites for hydroxylation is 1. The molecule has 1 saturated heterocycles. The van der Waals surface area contributed by atoms with Crippen LogP contribution in [0.15, 0.2) is 5.38 Å². The minimum absolute atomic E-state index is 0.359. The van der Waals surface area contributed by atoms with Crippen LogP contribution in [0.4, 0.5) is 0 Å². The van der Waals surface area contributed by atoms with E-state index in [9.17, 15) is 5.11 Å². The van der Waals surface area contributed by atoms with Gasteiger partial charge in [0, 0.05) is 5.38 Å². The molecule has 0 radical (unpaired) electrons. The third-order valence-corrected chi connectivity index (χ3v) is 3.56. The molecule has 0 bridgehead atoms. The second-order valence-electron chi connectivity index (χ2n) is 3.82. The first-order valence-corrected chi connectivity index (χ1v) is 5.96. The minimum Gasteiger partial charge on any atom is -0.386 e. The summed E-state index contributed by atoms with van der Waals surface area (Å²) in [4.78, 5) is 4.33. The molecule has 1 aliphatic heterocycles. The molecule has 0 aliphatic carbocycles. The van der Waals surface area contributed by atoms with Crippen LogP contribution < -0.4 is 5.32 Å². The number of aliphatic hydroxyl groups excluding tert-OH is 1. The predicted molar refractivity (Wildman–Crippen MR) is 57.4 cm³/mol. The summed E-state index contributed by atoms with van der Waals surface area (Å²) >= 11 is 1.61. The highest BCUT2D eigenvalue weighted by Gasteiger charge is 2.24. The van der Waals surface area contributed by atoms with E-state index in [4.69, 9.17) is 0 Å². The number of aromatic nitrogens is 1. The molecule has 1 unspecified atom stereocenters. The van der Waals surface area contributed by atoms with E-state index in [1.165, 1.54) is 0 Å². The van der Waals surface area contributed by atoms with Gasteiger partial charge >= 0.3 is 0 Å². The van der Waals surface area contributed by atoms with Gasteiger partial charge in [-0.1, -0.05) is 0 Å². The Hall–Kier alpha value is -0.450. The molecular weight excluding hydrogens is 196 g/mol. The maximum atomic E-state index is 10.1. The number of piperidine rings is 1. The smallest absolute Gasteiger partial charge is 0.0997 e. The van der Waals surface area contributed by atoms with Crippen LogP contribution in [0.5, 0.6) is 0 Å². The van der Waals surface area contributed by atoms with Crippen molar-refractivity contribution in [3.8, 4) is 0 Å². The van der Waals surface area contributed by atoms with Gasteiger partial charge in [0.15, 0.2) is 0 Å². The van der Waals surface area contributed by atoms with E-state index < -0.39 is 0 Å². The van der Waals surface area contributed by atoms with E-state index in [1.807, 2.05) is 12.3 Å². The van der Waals surface area contributed by atoms with Crippen molar-refractivity contribution in [2.45, 2.75) is 25.9 Å². The minimum atomic E-state index is -0.359. The van der Waals surface area contributed by atoms with Crippen LogP contribution in [0.1, 0.15) is 29.6 Å². The fourth-order valence-corrected chi connectivity index (χ4v) is 2.56. The highest BCUT2D eigenvalue weighted by Crippen LogP contribution is 2.29. The summed E-state index contributed by atoms with van der Waals surface area (Å²) < 4.78 is 0. The lowest BCUT2D eigenvalue weighted by molar-refractivity contribution is 0.0856. The maximum absolute atomic E-state index is 10.1. The molecule has 2 rings (SSSR count). The Morgan fingerprint density at radius 1 is 1.57 bits per heavy atom. The monoisotopic (exact) mass is 212 g/mol. The number of hydrogen-bond acceptors (Lipinski definition) is 4. The average Bonchev–Trinajstić information content (AvgIpc) is 2.65. The summed E-state index contributed by atoms with van der Waals surface area (Å²) in [5.41, 5.74) is 0.861. The Bertz CT molecular complexity index is 294. The molecule has 0 aromatic carbocycles. The Morgan fingerprint density at radius 3 is 2.86 bits per heavy atom. The quantitative estimate of drug-likeness (QED) is 0.780. The number of nitrogens with one attached hydrogen (secondary N) is 1. The van der Waals surface area contributed by atoms with Gasteiger partial charge in [0.1, 0.15) is 0 Å². The first kappa shape index (κ1) is 10.1. The van der Waals surface area contributed by atoms with Crippen molar-refractivity contribution in [2.75, 3.05) is 13.1 Å². The summed E-state index contributed by atoms with van der Waals surface area (Å²) in [6.45, 7) is 4.01. The lowest BCUT2D eigenvalue weighted by Gasteiger charge is -2.26. The number of hydrogen-bond donors (Lipinski definition) is 2. The van der Waals surface area contributed by atoms with Crippen molar-refractivity contribution in [3.05, 3.63) is 16.1 Å². The molecule has 2 N–H and O–H groups in total. The molecule has 3 nitrogen and oxygen atoms in total. The van der Waals surface area contributed by atoms with Crippen LogP contribution in [0.2, 0.25) is 0 Å². The highest BCUT2D eigenvalue weighted by atomic mass is 32.1. The van der Waals surface area contributed by atoms with Crippen molar-refractivity contribution in [2.24, 2.45) is 5.92 Å². The molecule has 1 fully saturated rings. The number of aliphatic hydroxyl groups is 1. The highest BCUT2D eigenvalue weighted by molar-refractivity contribution is 7.09. The van der Waals surface area contributed by atoms with Crippen LogP contribution in [0.3, 0.4) is 0 Å². The Morgan fingerprint density at radius 2 is 2.29 bits per heavy atom. The summed E-state index contributed by atoms with van der Waals surface area (Å²) in [6.07, 6.45) is 1.75. The zero-order valence-corrected chi connectivity index (χ0v) is 9.18. The van der Waals surface area contributed by atoms with Gasteiger partial charge in [-0.15, -0.1) is 11.3 Å².